The molecule has 5 rings (SSSR count). The minimum atomic E-state index is -0.138. The predicted octanol–water partition coefficient (Wildman–Crippen LogP) is 5.07. The van der Waals surface area contributed by atoms with Gasteiger partial charge in [0.1, 0.15) is 18.2 Å². The number of carbonyl (C=O) groups is 1. The Morgan fingerprint density at radius 3 is 2.68 bits per heavy atom. The van der Waals surface area contributed by atoms with E-state index < -0.39 is 0 Å². The molecule has 4 aromatic rings. The first kappa shape index (κ1) is 22.5. The zero-order valence-electron chi connectivity index (χ0n) is 18.5. The van der Waals surface area contributed by atoms with Crippen molar-refractivity contribution in [1.82, 2.24) is 24.5 Å². The van der Waals surface area contributed by atoms with Gasteiger partial charge < -0.3 is 10.1 Å². The molecule has 0 aliphatic heterocycles. The number of benzene rings is 2. The highest BCUT2D eigenvalue weighted by Crippen LogP contribution is 2.39. The van der Waals surface area contributed by atoms with Crippen molar-refractivity contribution >= 4 is 35.1 Å². The number of amides is 1. The predicted molar refractivity (Wildman–Crippen MR) is 132 cm³/mol. The molecule has 1 fully saturated rings. The molecule has 2 aromatic carbocycles. The van der Waals surface area contributed by atoms with E-state index in [1.54, 1.807) is 10.7 Å². The van der Waals surface area contributed by atoms with Gasteiger partial charge in [0.25, 0.3) is 0 Å². The molecule has 0 unspecified atom stereocenters. The summed E-state index contributed by atoms with van der Waals surface area (Å²) in [5.41, 5.74) is 1.71. The van der Waals surface area contributed by atoms with Crippen molar-refractivity contribution in [3.05, 3.63) is 77.2 Å². The average Bonchev–Trinajstić information content (AvgIpc) is 3.50. The molecule has 2 heterocycles. The Morgan fingerprint density at radius 2 is 1.91 bits per heavy atom. The minimum absolute atomic E-state index is 0.138. The highest BCUT2D eigenvalue weighted by Gasteiger charge is 2.30. The smallest absolute Gasteiger partial charge is 0.236 e. The van der Waals surface area contributed by atoms with Crippen LogP contribution in [0.25, 0.3) is 5.69 Å². The third kappa shape index (κ3) is 5.10. The average molecular weight is 495 g/mol. The number of carbonyl (C=O) groups excluding carboxylic acids is 1. The number of thioether (sulfide) groups is 1. The van der Waals surface area contributed by atoms with Gasteiger partial charge in [-0.2, -0.15) is 5.10 Å². The summed E-state index contributed by atoms with van der Waals surface area (Å²) in [5, 5.41) is 17.4. The minimum Gasteiger partial charge on any atom is -0.484 e. The van der Waals surface area contributed by atoms with Crippen LogP contribution < -0.4 is 10.1 Å². The lowest BCUT2D eigenvalue weighted by molar-refractivity contribution is -0.113. The molecule has 1 aliphatic rings. The van der Waals surface area contributed by atoms with E-state index in [1.807, 2.05) is 61.5 Å². The van der Waals surface area contributed by atoms with E-state index in [0.29, 0.717) is 27.8 Å². The van der Waals surface area contributed by atoms with Crippen LogP contribution in [0.15, 0.2) is 65.8 Å². The van der Waals surface area contributed by atoms with Crippen LogP contribution >= 0.6 is 23.4 Å². The topological polar surface area (TPSA) is 86.9 Å². The summed E-state index contributed by atoms with van der Waals surface area (Å²) >= 11 is 7.55. The van der Waals surface area contributed by atoms with Crippen LogP contribution in [0.2, 0.25) is 5.02 Å². The van der Waals surface area contributed by atoms with E-state index in [1.165, 1.54) is 11.8 Å². The molecule has 1 amide bonds. The fourth-order valence-electron chi connectivity index (χ4n) is 3.57. The highest BCUT2D eigenvalue weighted by atomic mass is 35.5. The van der Waals surface area contributed by atoms with Crippen molar-refractivity contribution < 1.29 is 9.53 Å². The second kappa shape index (κ2) is 9.90. The summed E-state index contributed by atoms with van der Waals surface area (Å²) in [7, 11) is 0. The van der Waals surface area contributed by atoms with Gasteiger partial charge in [0.05, 0.1) is 22.2 Å². The fraction of sp³-hybridized carbons (Fsp3) is 0.250. The number of halogens is 1. The van der Waals surface area contributed by atoms with Gasteiger partial charge in [0, 0.05) is 12.1 Å². The van der Waals surface area contributed by atoms with Crippen LogP contribution in [0.3, 0.4) is 0 Å². The van der Waals surface area contributed by atoms with Crippen LogP contribution in [-0.2, 0) is 11.4 Å². The van der Waals surface area contributed by atoms with Crippen LogP contribution in [0, 0.1) is 6.92 Å². The van der Waals surface area contributed by atoms with Crippen molar-refractivity contribution in [3.8, 4) is 11.4 Å². The molecule has 2 aromatic heterocycles. The van der Waals surface area contributed by atoms with Gasteiger partial charge in [-0.05, 0) is 44.0 Å². The number of hydrogen-bond acceptors (Lipinski definition) is 6. The van der Waals surface area contributed by atoms with E-state index in [9.17, 15) is 4.79 Å². The summed E-state index contributed by atoms with van der Waals surface area (Å²) in [6.45, 7) is 2.16. The molecule has 0 saturated heterocycles. The number of aryl methyl sites for hydroxylation is 1. The molecule has 174 valence electrons. The first-order valence-corrected chi connectivity index (χ1v) is 12.3. The molecule has 8 nitrogen and oxygen atoms in total. The van der Waals surface area contributed by atoms with Gasteiger partial charge in [-0.15, -0.1) is 10.2 Å². The first-order chi connectivity index (χ1) is 16.6. The molecule has 1 N–H and O–H groups in total. The summed E-state index contributed by atoms with van der Waals surface area (Å²) in [4.78, 5) is 12.8. The number of hydrogen-bond donors (Lipinski definition) is 1. The third-order valence-electron chi connectivity index (χ3n) is 5.27. The van der Waals surface area contributed by atoms with Gasteiger partial charge in [0.15, 0.2) is 11.0 Å². The molecule has 1 aliphatic carbocycles. The lowest BCUT2D eigenvalue weighted by Gasteiger charge is -2.11. The Hall–Kier alpha value is -3.30. The van der Waals surface area contributed by atoms with Crippen LogP contribution in [0.1, 0.15) is 30.4 Å². The lowest BCUT2D eigenvalue weighted by Crippen LogP contribution is -2.17. The molecule has 34 heavy (non-hydrogen) atoms. The van der Waals surface area contributed by atoms with Crippen molar-refractivity contribution in [2.45, 2.75) is 37.6 Å². The van der Waals surface area contributed by atoms with Crippen molar-refractivity contribution in [2.24, 2.45) is 0 Å². The second-order valence-corrected chi connectivity index (χ2v) is 9.32. The van der Waals surface area contributed by atoms with E-state index >= 15 is 0 Å². The number of nitrogens with zero attached hydrogens (tertiary/aromatic N) is 5. The maximum absolute atomic E-state index is 12.8. The lowest BCUT2D eigenvalue weighted by atomic mass is 10.3. The first-order valence-electron chi connectivity index (χ1n) is 10.9. The molecule has 1 saturated carbocycles. The number of nitrogens with one attached hydrogen (secondary N) is 1. The second-order valence-electron chi connectivity index (χ2n) is 7.97. The number of para-hydroxylation sites is 2. The van der Waals surface area contributed by atoms with Crippen LogP contribution in [0.5, 0.6) is 5.75 Å². The maximum Gasteiger partial charge on any atom is 0.236 e. The van der Waals surface area contributed by atoms with Crippen LogP contribution in [0.4, 0.5) is 5.82 Å². The number of rotatable bonds is 9. The molecule has 0 spiro atoms. The standard InChI is InChI=1S/C24H23ClN6O2S/c1-16-13-21(31(29-16)18-7-3-2-4-8-18)26-23(32)15-34-24-28-27-22(30(24)17-11-12-17)14-33-20-10-6-5-9-19(20)25/h2-10,13,17H,11-12,14-15H2,1H3,(H,26,32). The largest absolute Gasteiger partial charge is 0.484 e. The maximum atomic E-state index is 12.8. The molecule has 0 radical (unpaired) electrons. The van der Waals surface area contributed by atoms with Gasteiger partial charge in [-0.1, -0.05) is 53.7 Å². The zero-order chi connectivity index (χ0) is 23.5. The number of aromatic nitrogens is 5. The van der Waals surface area contributed by atoms with Crippen LogP contribution in [-0.4, -0.2) is 36.2 Å². The zero-order valence-corrected chi connectivity index (χ0v) is 20.1. The van der Waals surface area contributed by atoms with Gasteiger partial charge in [-0.25, -0.2) is 4.68 Å². The SMILES string of the molecule is Cc1cc(NC(=O)CSc2nnc(COc3ccccc3Cl)n2C2CC2)n(-c2ccccc2)n1. The summed E-state index contributed by atoms with van der Waals surface area (Å²) in [6.07, 6.45) is 2.12. The normalized spacial score (nSPS) is 13.1. The Morgan fingerprint density at radius 1 is 1.15 bits per heavy atom. The third-order valence-corrected chi connectivity index (χ3v) is 6.53. The van der Waals surface area contributed by atoms with Gasteiger partial charge in [-0.3, -0.25) is 9.36 Å². The van der Waals surface area contributed by atoms with Gasteiger partial charge in [0.2, 0.25) is 5.91 Å². The quantitative estimate of drug-likeness (QED) is 0.327. The Bertz CT molecular complexity index is 1300. The fourth-order valence-corrected chi connectivity index (χ4v) is 4.59. The Labute approximate surface area is 206 Å². The molecule has 10 heteroatoms. The molecule has 0 atom stereocenters. The Kier molecular flexibility index (Phi) is 6.55. The highest BCUT2D eigenvalue weighted by molar-refractivity contribution is 7.99. The van der Waals surface area contributed by atoms with E-state index in [4.69, 9.17) is 16.3 Å². The van der Waals surface area contributed by atoms with Crippen molar-refractivity contribution in [1.29, 1.82) is 0 Å². The van der Waals surface area contributed by atoms with Crippen molar-refractivity contribution in [2.75, 3.05) is 11.1 Å². The molecular formula is C24H23ClN6O2S. The molecule has 0 bridgehead atoms. The number of ether oxygens (including phenoxy) is 1. The van der Waals surface area contributed by atoms with Crippen molar-refractivity contribution in [3.63, 3.8) is 0 Å². The van der Waals surface area contributed by atoms with E-state index in [2.05, 4.69) is 25.2 Å². The number of anilines is 1. The summed E-state index contributed by atoms with van der Waals surface area (Å²) in [6, 6.07) is 19.2. The molecular weight excluding hydrogens is 472 g/mol. The monoisotopic (exact) mass is 494 g/mol. The Balaban J connectivity index is 1.24. The van der Waals surface area contributed by atoms with Gasteiger partial charge >= 0.3 is 0 Å². The van der Waals surface area contributed by atoms with E-state index in [-0.39, 0.29) is 18.3 Å². The summed E-state index contributed by atoms with van der Waals surface area (Å²) < 4.78 is 9.67. The van der Waals surface area contributed by atoms with E-state index in [0.717, 1.165) is 30.0 Å². The summed E-state index contributed by atoms with van der Waals surface area (Å²) in [5.74, 6) is 2.03.